The van der Waals surface area contributed by atoms with E-state index in [1.165, 1.54) is 0 Å². The van der Waals surface area contributed by atoms with Gasteiger partial charge in [0.05, 0.1) is 24.0 Å². The molecule has 122 valence electrons. The summed E-state index contributed by atoms with van der Waals surface area (Å²) in [5.41, 5.74) is 0.783. The van der Waals surface area contributed by atoms with Crippen molar-refractivity contribution in [2.45, 2.75) is 25.8 Å². The van der Waals surface area contributed by atoms with Gasteiger partial charge in [0.15, 0.2) is 0 Å². The van der Waals surface area contributed by atoms with Gasteiger partial charge < -0.3 is 14.6 Å². The number of amides is 1. The van der Waals surface area contributed by atoms with Crippen LogP contribution in [-0.4, -0.2) is 34.2 Å². The molecule has 0 radical (unpaired) electrons. The van der Waals surface area contributed by atoms with E-state index in [2.05, 4.69) is 0 Å². The molecule has 1 aliphatic rings. The number of nitrogens with zero attached hydrogens (tertiary/aromatic N) is 1. The first-order valence-corrected chi connectivity index (χ1v) is 8.32. The van der Waals surface area contributed by atoms with Gasteiger partial charge in [-0.15, -0.1) is 0 Å². The first kappa shape index (κ1) is 17.5. The minimum Gasteiger partial charge on any atom is -0.548 e. The minimum absolute atomic E-state index is 0.242. The maximum absolute atomic E-state index is 12.5. The molecule has 1 heterocycles. The van der Waals surface area contributed by atoms with E-state index < -0.39 is 17.9 Å². The number of methoxy groups -OCH3 is 1. The molecule has 1 amide bonds. The zero-order chi connectivity index (χ0) is 17.0. The molecule has 1 aromatic carbocycles. The number of carbonyl (C=O) groups excluding carboxylic acids is 2. The Morgan fingerprint density at radius 1 is 1.52 bits per heavy atom. The Morgan fingerprint density at radius 2 is 2.26 bits per heavy atom. The molecule has 1 aromatic rings. The summed E-state index contributed by atoms with van der Waals surface area (Å²) < 4.78 is 5.39. The van der Waals surface area contributed by atoms with Crippen molar-refractivity contribution in [3.63, 3.8) is 0 Å². The van der Waals surface area contributed by atoms with E-state index in [0.717, 1.165) is 22.2 Å². The van der Waals surface area contributed by atoms with Gasteiger partial charge in [0.1, 0.15) is 10.1 Å². The number of carboxylic acid groups (broad SMARTS) is 1. The van der Waals surface area contributed by atoms with Gasteiger partial charge in [0.2, 0.25) is 0 Å². The van der Waals surface area contributed by atoms with E-state index in [-0.39, 0.29) is 4.32 Å². The van der Waals surface area contributed by atoms with Crippen molar-refractivity contribution in [2.75, 3.05) is 7.11 Å². The number of ether oxygens (including phenoxy) is 1. The maximum Gasteiger partial charge on any atom is 0.266 e. The number of carbonyl (C=O) groups is 2. The lowest BCUT2D eigenvalue weighted by atomic mass is 10.1. The SMILES string of the molecule is CCC[C@H](C(=O)[O-])N1C(=O)/C(=C/c2cccc(OC)c2)SC1=S. The third kappa shape index (κ3) is 3.92. The van der Waals surface area contributed by atoms with Crippen LogP contribution in [0.3, 0.4) is 0 Å². The van der Waals surface area contributed by atoms with Gasteiger partial charge in [-0.05, 0) is 30.2 Å². The summed E-state index contributed by atoms with van der Waals surface area (Å²) in [6.07, 6.45) is 2.60. The monoisotopic (exact) mass is 350 g/mol. The molecule has 1 fully saturated rings. The lowest BCUT2D eigenvalue weighted by Crippen LogP contribution is -2.49. The molecule has 1 atom stereocenters. The van der Waals surface area contributed by atoms with Gasteiger partial charge in [-0.1, -0.05) is 49.5 Å². The minimum atomic E-state index is -1.29. The van der Waals surface area contributed by atoms with Crippen molar-refractivity contribution in [3.05, 3.63) is 34.7 Å². The highest BCUT2D eigenvalue weighted by atomic mass is 32.2. The van der Waals surface area contributed by atoms with Crippen molar-refractivity contribution < 1.29 is 19.4 Å². The molecule has 0 unspecified atom stereocenters. The molecule has 0 saturated carbocycles. The number of thioether (sulfide) groups is 1. The molecule has 0 aliphatic carbocycles. The molecule has 1 aliphatic heterocycles. The molecule has 0 N–H and O–H groups in total. The molecule has 0 aromatic heterocycles. The largest absolute Gasteiger partial charge is 0.548 e. The highest BCUT2D eigenvalue weighted by molar-refractivity contribution is 8.26. The summed E-state index contributed by atoms with van der Waals surface area (Å²) in [6, 6.07) is 6.21. The second-order valence-electron chi connectivity index (χ2n) is 4.95. The summed E-state index contributed by atoms with van der Waals surface area (Å²) in [5, 5.41) is 11.3. The number of benzene rings is 1. The Balaban J connectivity index is 2.29. The molecule has 2 rings (SSSR count). The number of carboxylic acids is 1. The van der Waals surface area contributed by atoms with Crippen molar-refractivity contribution in [1.82, 2.24) is 4.90 Å². The predicted molar refractivity (Wildman–Crippen MR) is 91.7 cm³/mol. The van der Waals surface area contributed by atoms with Crippen molar-refractivity contribution >= 4 is 46.3 Å². The van der Waals surface area contributed by atoms with Crippen molar-refractivity contribution in [3.8, 4) is 5.75 Å². The van der Waals surface area contributed by atoms with E-state index in [4.69, 9.17) is 17.0 Å². The molecule has 1 saturated heterocycles. The Morgan fingerprint density at radius 3 is 2.87 bits per heavy atom. The predicted octanol–water partition coefficient (Wildman–Crippen LogP) is 1.81. The van der Waals surface area contributed by atoms with Crippen LogP contribution < -0.4 is 9.84 Å². The van der Waals surface area contributed by atoms with E-state index in [1.807, 2.05) is 19.1 Å². The van der Waals surface area contributed by atoms with Crippen LogP contribution in [0.25, 0.3) is 6.08 Å². The Bertz CT molecular complexity index is 672. The maximum atomic E-state index is 12.5. The normalized spacial score (nSPS) is 17.7. The molecular formula is C16H16NO4S2-. The molecule has 23 heavy (non-hydrogen) atoms. The van der Waals surface area contributed by atoms with Crippen molar-refractivity contribution in [1.29, 1.82) is 0 Å². The van der Waals surface area contributed by atoms with Crippen LogP contribution in [0.2, 0.25) is 0 Å². The Kier molecular flexibility index (Phi) is 5.79. The zero-order valence-electron chi connectivity index (χ0n) is 12.8. The van der Waals surface area contributed by atoms with E-state index in [9.17, 15) is 14.7 Å². The molecule has 5 nitrogen and oxygen atoms in total. The standard InChI is InChI=1S/C16H17NO4S2/c1-3-5-12(15(19)20)17-14(18)13(23-16(17)22)9-10-6-4-7-11(8-10)21-2/h4,6-9,12H,3,5H2,1-2H3,(H,19,20)/p-1/b13-9-/t12-/m1/s1. The van der Waals surface area contributed by atoms with Gasteiger partial charge >= 0.3 is 0 Å². The van der Waals surface area contributed by atoms with Crippen LogP contribution >= 0.6 is 24.0 Å². The highest BCUT2D eigenvalue weighted by Gasteiger charge is 2.37. The number of hydrogen-bond donors (Lipinski definition) is 0. The number of aliphatic carboxylic acids is 1. The smallest absolute Gasteiger partial charge is 0.266 e. The fraction of sp³-hybridized carbons (Fsp3) is 0.312. The third-order valence-corrected chi connectivity index (χ3v) is 4.69. The molecule has 0 spiro atoms. The molecule has 0 bridgehead atoms. The van der Waals surface area contributed by atoms with Crippen LogP contribution in [0.15, 0.2) is 29.2 Å². The number of hydrogen-bond acceptors (Lipinski definition) is 6. The van der Waals surface area contributed by atoms with Crippen LogP contribution in [0.1, 0.15) is 25.3 Å². The van der Waals surface area contributed by atoms with Gasteiger partial charge in [0.25, 0.3) is 5.91 Å². The van der Waals surface area contributed by atoms with Crippen molar-refractivity contribution in [2.24, 2.45) is 0 Å². The van der Waals surface area contributed by atoms with Crippen LogP contribution in [0.4, 0.5) is 0 Å². The second-order valence-corrected chi connectivity index (χ2v) is 6.63. The van der Waals surface area contributed by atoms with E-state index >= 15 is 0 Å². The first-order chi connectivity index (χ1) is 11.0. The summed E-state index contributed by atoms with van der Waals surface area (Å²) in [4.78, 5) is 25.4. The summed E-state index contributed by atoms with van der Waals surface area (Å²) in [6.45, 7) is 1.85. The summed E-state index contributed by atoms with van der Waals surface area (Å²) >= 11 is 6.28. The number of rotatable bonds is 6. The topological polar surface area (TPSA) is 69.7 Å². The average Bonchev–Trinajstić information content (AvgIpc) is 2.79. The van der Waals surface area contributed by atoms with Crippen LogP contribution in [0, 0.1) is 0 Å². The van der Waals surface area contributed by atoms with Gasteiger partial charge in [0, 0.05) is 0 Å². The van der Waals surface area contributed by atoms with Gasteiger partial charge in [-0.2, -0.15) is 0 Å². The second kappa shape index (κ2) is 7.61. The molecule has 7 heteroatoms. The summed E-state index contributed by atoms with van der Waals surface area (Å²) in [7, 11) is 1.56. The Labute approximate surface area is 144 Å². The lowest BCUT2D eigenvalue weighted by molar-refractivity contribution is -0.310. The fourth-order valence-electron chi connectivity index (χ4n) is 2.26. The van der Waals surface area contributed by atoms with E-state index in [1.54, 1.807) is 25.3 Å². The Hall–Kier alpha value is -1.86. The van der Waals surface area contributed by atoms with Crippen LogP contribution in [0.5, 0.6) is 5.75 Å². The highest BCUT2D eigenvalue weighted by Crippen LogP contribution is 2.35. The fourth-order valence-corrected chi connectivity index (χ4v) is 3.61. The third-order valence-electron chi connectivity index (χ3n) is 3.36. The zero-order valence-corrected chi connectivity index (χ0v) is 14.4. The summed E-state index contributed by atoms with van der Waals surface area (Å²) in [5.74, 6) is -1.01. The molecular weight excluding hydrogens is 334 g/mol. The first-order valence-electron chi connectivity index (χ1n) is 7.10. The average molecular weight is 350 g/mol. The number of thiocarbonyl (C=S) groups is 1. The van der Waals surface area contributed by atoms with E-state index in [0.29, 0.717) is 23.5 Å². The van der Waals surface area contributed by atoms with Gasteiger partial charge in [-0.3, -0.25) is 9.69 Å². The van der Waals surface area contributed by atoms with Crippen LogP contribution in [-0.2, 0) is 9.59 Å². The van der Waals surface area contributed by atoms with Gasteiger partial charge in [-0.25, -0.2) is 0 Å². The quantitative estimate of drug-likeness (QED) is 0.576. The lowest BCUT2D eigenvalue weighted by Gasteiger charge is -2.27.